The van der Waals surface area contributed by atoms with E-state index in [1.54, 1.807) is 6.20 Å². The van der Waals surface area contributed by atoms with Crippen molar-refractivity contribution in [2.45, 2.75) is 32.1 Å². The Bertz CT molecular complexity index is 631. The van der Waals surface area contributed by atoms with Crippen molar-refractivity contribution in [1.82, 2.24) is 9.55 Å². The van der Waals surface area contributed by atoms with Crippen LogP contribution in [-0.2, 0) is 4.74 Å². The number of fused-ring (bicyclic) bond motifs is 1. The Morgan fingerprint density at radius 1 is 1.56 bits per heavy atom. The van der Waals surface area contributed by atoms with Gasteiger partial charge in [0.1, 0.15) is 12.0 Å². The van der Waals surface area contributed by atoms with Crippen molar-refractivity contribution in [2.24, 2.45) is 0 Å². The number of aromatic nitrogens is 2. The highest BCUT2D eigenvalue weighted by Crippen LogP contribution is 2.27. The number of aliphatic hydroxyl groups is 1. The van der Waals surface area contributed by atoms with Gasteiger partial charge in [0.2, 0.25) is 5.71 Å². The first-order chi connectivity index (χ1) is 8.67. The summed E-state index contributed by atoms with van der Waals surface area (Å²) < 4.78 is 12.3. The zero-order valence-corrected chi connectivity index (χ0v) is 10.00. The summed E-state index contributed by atoms with van der Waals surface area (Å²) >= 11 is 0. The quantitative estimate of drug-likeness (QED) is 0.859. The molecular weight excluding hydrogens is 236 g/mol. The van der Waals surface area contributed by atoms with E-state index in [-0.39, 0.29) is 24.6 Å². The summed E-state index contributed by atoms with van der Waals surface area (Å²) in [5.74, 6) is 0.718. The van der Waals surface area contributed by atoms with Crippen LogP contribution in [0.15, 0.2) is 21.5 Å². The molecule has 0 radical (unpaired) electrons. The zero-order chi connectivity index (χ0) is 12.7. The van der Waals surface area contributed by atoms with E-state index in [1.807, 2.05) is 13.0 Å². The Balaban J connectivity index is 2.01. The fourth-order valence-corrected chi connectivity index (χ4v) is 2.28. The highest BCUT2D eigenvalue weighted by atomic mass is 16.5. The van der Waals surface area contributed by atoms with Crippen molar-refractivity contribution in [3.05, 3.63) is 28.5 Å². The Labute approximate surface area is 103 Å². The molecule has 0 amide bonds. The largest absolute Gasteiger partial charge is 0.443 e. The number of hydrogen-bond acceptors (Lipinski definition) is 5. The van der Waals surface area contributed by atoms with Crippen LogP contribution >= 0.6 is 0 Å². The van der Waals surface area contributed by atoms with Gasteiger partial charge in [-0.25, -0.2) is 4.79 Å². The Kier molecular flexibility index (Phi) is 2.68. The third kappa shape index (κ3) is 1.83. The number of nitrogens with zero attached hydrogens (tertiary/aromatic N) is 2. The molecule has 18 heavy (non-hydrogen) atoms. The van der Waals surface area contributed by atoms with Gasteiger partial charge >= 0.3 is 5.69 Å². The highest BCUT2D eigenvalue weighted by Gasteiger charge is 2.27. The number of hydrogen-bond donors (Lipinski definition) is 1. The summed E-state index contributed by atoms with van der Waals surface area (Å²) in [4.78, 5) is 15.8. The Morgan fingerprint density at radius 3 is 3.11 bits per heavy atom. The van der Waals surface area contributed by atoms with Gasteiger partial charge in [-0.3, -0.25) is 4.57 Å². The molecule has 1 fully saturated rings. The van der Waals surface area contributed by atoms with E-state index in [9.17, 15) is 4.79 Å². The van der Waals surface area contributed by atoms with Crippen molar-refractivity contribution in [1.29, 1.82) is 0 Å². The summed E-state index contributed by atoms with van der Waals surface area (Å²) in [7, 11) is 0. The van der Waals surface area contributed by atoms with Crippen LogP contribution in [0.25, 0.3) is 11.1 Å². The molecule has 2 aromatic rings. The number of aryl methyl sites for hydroxylation is 1. The summed E-state index contributed by atoms with van der Waals surface area (Å²) in [6.45, 7) is 1.79. The minimum Gasteiger partial charge on any atom is -0.443 e. The van der Waals surface area contributed by atoms with E-state index in [1.165, 1.54) is 4.57 Å². The topological polar surface area (TPSA) is 77.5 Å². The molecule has 2 aromatic heterocycles. The molecule has 1 aliphatic rings. The van der Waals surface area contributed by atoms with Crippen molar-refractivity contribution in [2.75, 3.05) is 6.61 Å². The fourth-order valence-electron chi connectivity index (χ4n) is 2.28. The first-order valence-corrected chi connectivity index (χ1v) is 5.93. The molecule has 6 nitrogen and oxygen atoms in total. The number of ether oxygens (including phenoxy) is 1. The second-order valence-electron chi connectivity index (χ2n) is 4.52. The lowest BCUT2D eigenvalue weighted by Gasteiger charge is -2.14. The molecule has 1 saturated heterocycles. The van der Waals surface area contributed by atoms with Gasteiger partial charge in [-0.1, -0.05) is 0 Å². The van der Waals surface area contributed by atoms with Gasteiger partial charge in [-0.15, -0.1) is 0 Å². The lowest BCUT2D eigenvalue weighted by molar-refractivity contribution is -0.0243. The minimum atomic E-state index is -0.388. The van der Waals surface area contributed by atoms with Crippen LogP contribution in [0.4, 0.5) is 0 Å². The second-order valence-corrected chi connectivity index (χ2v) is 4.52. The van der Waals surface area contributed by atoms with Crippen molar-refractivity contribution < 1.29 is 14.3 Å². The number of aliphatic hydroxyl groups excluding tert-OH is 1. The molecule has 0 saturated carbocycles. The molecule has 3 rings (SSSR count). The lowest BCUT2D eigenvalue weighted by atomic mass is 10.2. The van der Waals surface area contributed by atoms with Crippen LogP contribution in [0.5, 0.6) is 0 Å². The first kappa shape index (κ1) is 11.4. The molecule has 1 aliphatic heterocycles. The van der Waals surface area contributed by atoms with E-state index in [0.717, 1.165) is 17.6 Å². The van der Waals surface area contributed by atoms with E-state index < -0.39 is 0 Å². The molecule has 3 heterocycles. The predicted molar refractivity (Wildman–Crippen MR) is 63.2 cm³/mol. The maximum atomic E-state index is 11.9. The van der Waals surface area contributed by atoms with Gasteiger partial charge in [0, 0.05) is 6.20 Å². The van der Waals surface area contributed by atoms with E-state index >= 15 is 0 Å². The van der Waals surface area contributed by atoms with Gasteiger partial charge in [0.15, 0.2) is 0 Å². The lowest BCUT2D eigenvalue weighted by Crippen LogP contribution is -2.27. The van der Waals surface area contributed by atoms with Crippen molar-refractivity contribution in [3.8, 4) is 0 Å². The molecule has 0 aliphatic carbocycles. The third-order valence-corrected chi connectivity index (χ3v) is 3.16. The Morgan fingerprint density at radius 2 is 2.39 bits per heavy atom. The molecule has 2 atom stereocenters. The van der Waals surface area contributed by atoms with Crippen molar-refractivity contribution in [3.63, 3.8) is 0 Å². The summed E-state index contributed by atoms with van der Waals surface area (Å²) in [5.41, 5.74) is -0.0362. The normalized spacial score (nSPS) is 23.9. The Hall–Kier alpha value is -1.66. The molecule has 0 spiro atoms. The van der Waals surface area contributed by atoms with Crippen molar-refractivity contribution >= 4 is 11.1 Å². The summed E-state index contributed by atoms with van der Waals surface area (Å²) in [5, 5.41) is 9.81. The SMILES string of the molecule is Cc1cc2cn(C3CCC(CO)O3)c(=O)nc2o1. The van der Waals surface area contributed by atoms with Gasteiger partial charge in [-0.2, -0.15) is 4.98 Å². The van der Waals surface area contributed by atoms with Crippen LogP contribution in [0, 0.1) is 6.92 Å². The monoisotopic (exact) mass is 250 g/mol. The third-order valence-electron chi connectivity index (χ3n) is 3.16. The number of rotatable bonds is 2. The molecule has 0 aromatic carbocycles. The minimum absolute atomic E-state index is 0.0221. The predicted octanol–water partition coefficient (Wildman–Crippen LogP) is 0.968. The van der Waals surface area contributed by atoms with Crippen LogP contribution < -0.4 is 5.69 Å². The molecule has 0 bridgehead atoms. The van der Waals surface area contributed by atoms with E-state index in [4.69, 9.17) is 14.3 Å². The smallest absolute Gasteiger partial charge is 0.353 e. The molecule has 6 heteroatoms. The first-order valence-electron chi connectivity index (χ1n) is 5.93. The summed E-state index contributed by atoms with van der Waals surface area (Å²) in [6.07, 6.45) is 2.61. The van der Waals surface area contributed by atoms with Gasteiger partial charge in [0.05, 0.1) is 18.1 Å². The molecule has 2 unspecified atom stereocenters. The van der Waals surface area contributed by atoms with Gasteiger partial charge in [-0.05, 0) is 25.8 Å². The van der Waals surface area contributed by atoms with Crippen LogP contribution in [0.3, 0.4) is 0 Å². The molecular formula is C12H14N2O4. The molecule has 96 valence electrons. The fraction of sp³-hybridized carbons (Fsp3) is 0.500. The van der Waals surface area contributed by atoms with Crippen LogP contribution in [0.2, 0.25) is 0 Å². The van der Waals surface area contributed by atoms with Crippen LogP contribution in [0.1, 0.15) is 24.8 Å². The number of furan rings is 1. The second kappa shape index (κ2) is 4.22. The van der Waals surface area contributed by atoms with E-state index in [2.05, 4.69) is 4.98 Å². The highest BCUT2D eigenvalue weighted by molar-refractivity contribution is 5.72. The van der Waals surface area contributed by atoms with E-state index in [0.29, 0.717) is 12.1 Å². The molecule has 1 N–H and O–H groups in total. The zero-order valence-electron chi connectivity index (χ0n) is 10.00. The van der Waals surface area contributed by atoms with Gasteiger partial charge in [0.25, 0.3) is 0 Å². The van der Waals surface area contributed by atoms with Gasteiger partial charge < -0.3 is 14.3 Å². The maximum Gasteiger partial charge on any atom is 0.353 e. The summed E-state index contributed by atoms with van der Waals surface area (Å²) in [6, 6.07) is 1.83. The van der Waals surface area contributed by atoms with Crippen LogP contribution in [-0.4, -0.2) is 27.4 Å². The average Bonchev–Trinajstić information content (AvgIpc) is 2.92. The maximum absolute atomic E-state index is 11.9. The average molecular weight is 250 g/mol. The standard InChI is InChI=1S/C12H14N2O4/c1-7-4-8-5-14(12(16)13-11(8)17-7)10-3-2-9(6-15)18-10/h4-5,9-10,15H,2-3,6H2,1H3.